The molecule has 0 nitrogen and oxygen atoms in total. The Morgan fingerprint density at radius 3 is 2.73 bits per heavy atom. The summed E-state index contributed by atoms with van der Waals surface area (Å²) in [5.74, 6) is -0.261. The lowest BCUT2D eigenvalue weighted by Gasteiger charge is -2.13. The normalized spacial score (nSPS) is 13.9. The fourth-order valence-corrected chi connectivity index (χ4v) is 2.03. The molecule has 0 saturated heterocycles. The molecule has 0 bridgehead atoms. The second kappa shape index (κ2) is 5.12. The number of hydrogen-bond donors (Lipinski definition) is 0. The van der Waals surface area contributed by atoms with Crippen molar-refractivity contribution in [1.29, 1.82) is 0 Å². The van der Waals surface area contributed by atoms with Crippen LogP contribution in [0.3, 0.4) is 0 Å². The van der Waals surface area contributed by atoms with Crippen molar-refractivity contribution in [2.45, 2.75) is 18.3 Å². The Balaban J connectivity index is 2.62. The summed E-state index contributed by atoms with van der Waals surface area (Å²) in [6.07, 6.45) is 0. The van der Waals surface area contributed by atoms with Gasteiger partial charge in [-0.1, -0.05) is 36.4 Å². The predicted molar refractivity (Wildman–Crippen MR) is 57.2 cm³/mol. The van der Waals surface area contributed by atoms with Gasteiger partial charge in [-0.15, -0.1) is 0 Å². The van der Waals surface area contributed by atoms with E-state index in [4.69, 9.17) is 11.6 Å². The largest absolute Gasteiger partial charge is 0.441 e. The molecule has 0 aliphatic carbocycles. The van der Waals surface area contributed by atoms with Crippen molar-refractivity contribution in [2.75, 3.05) is 5.75 Å². The van der Waals surface area contributed by atoms with Crippen molar-refractivity contribution in [3.8, 4) is 0 Å². The highest BCUT2D eigenvalue weighted by molar-refractivity contribution is 8.00. The molecule has 0 amide bonds. The van der Waals surface area contributed by atoms with Crippen molar-refractivity contribution in [1.82, 2.24) is 0 Å². The Morgan fingerprint density at radius 2 is 2.20 bits per heavy atom. The topological polar surface area (TPSA) is 0 Å². The molecule has 0 heterocycles. The average molecular weight is 254 g/mol. The predicted octanol–water partition coefficient (Wildman–Crippen LogP) is 4.50. The molecule has 5 heteroatoms. The molecule has 1 atom stereocenters. The number of hydrogen-bond acceptors (Lipinski definition) is 1. The summed E-state index contributed by atoms with van der Waals surface area (Å²) < 4.78 is 35.9. The molecular formula is C10H9ClF3S. The van der Waals surface area contributed by atoms with Gasteiger partial charge >= 0.3 is 5.51 Å². The fraction of sp³-hybridized carbons (Fsp3) is 0.400. The maximum atomic E-state index is 12.0. The van der Waals surface area contributed by atoms with E-state index in [0.29, 0.717) is 10.6 Å². The third-order valence-corrected chi connectivity index (χ3v) is 3.21. The van der Waals surface area contributed by atoms with Gasteiger partial charge in [0.2, 0.25) is 0 Å². The van der Waals surface area contributed by atoms with E-state index in [1.165, 1.54) is 0 Å². The summed E-state index contributed by atoms with van der Waals surface area (Å²) in [6, 6.07) is 7.70. The SMILES string of the molecule is CC(CSC(F)(F)F)c1c[c]ccc1Cl. The van der Waals surface area contributed by atoms with E-state index in [9.17, 15) is 13.2 Å². The fourth-order valence-electron chi connectivity index (χ4n) is 1.11. The average Bonchev–Trinajstić information content (AvgIpc) is 2.14. The van der Waals surface area contributed by atoms with E-state index in [2.05, 4.69) is 6.07 Å². The van der Waals surface area contributed by atoms with Crippen molar-refractivity contribution in [3.63, 3.8) is 0 Å². The Morgan fingerprint density at radius 1 is 1.53 bits per heavy atom. The van der Waals surface area contributed by atoms with Gasteiger partial charge in [0.1, 0.15) is 0 Å². The van der Waals surface area contributed by atoms with Gasteiger partial charge in [0.05, 0.1) is 0 Å². The molecule has 1 rings (SSSR count). The zero-order valence-corrected chi connectivity index (χ0v) is 9.51. The van der Waals surface area contributed by atoms with Gasteiger partial charge in [0.15, 0.2) is 0 Å². The molecule has 83 valence electrons. The van der Waals surface area contributed by atoms with Crippen LogP contribution in [0.1, 0.15) is 18.4 Å². The van der Waals surface area contributed by atoms with E-state index in [0.717, 1.165) is 0 Å². The lowest BCUT2D eigenvalue weighted by Crippen LogP contribution is -2.06. The molecule has 0 aliphatic heterocycles. The number of alkyl halides is 3. The molecule has 1 unspecified atom stereocenters. The van der Waals surface area contributed by atoms with E-state index < -0.39 is 5.51 Å². The first-order valence-corrected chi connectivity index (χ1v) is 5.62. The van der Waals surface area contributed by atoms with Crippen molar-refractivity contribution < 1.29 is 13.2 Å². The first kappa shape index (κ1) is 12.7. The lowest BCUT2D eigenvalue weighted by molar-refractivity contribution is -0.0328. The molecule has 0 saturated carbocycles. The van der Waals surface area contributed by atoms with Gasteiger partial charge in [-0.05, 0) is 29.7 Å². The highest BCUT2D eigenvalue weighted by atomic mass is 35.5. The van der Waals surface area contributed by atoms with Crippen LogP contribution in [0.25, 0.3) is 0 Å². The summed E-state index contributed by atoms with van der Waals surface area (Å²) in [7, 11) is 0. The van der Waals surface area contributed by atoms with Gasteiger partial charge in [0.25, 0.3) is 0 Å². The van der Waals surface area contributed by atoms with Crippen LogP contribution in [0.2, 0.25) is 5.02 Å². The molecular weight excluding hydrogens is 245 g/mol. The van der Waals surface area contributed by atoms with Gasteiger partial charge < -0.3 is 0 Å². The van der Waals surface area contributed by atoms with Gasteiger partial charge in [-0.25, -0.2) is 0 Å². The molecule has 0 N–H and O–H groups in total. The number of rotatable bonds is 3. The molecule has 1 aromatic rings. The maximum Gasteiger partial charge on any atom is 0.441 e. The quantitative estimate of drug-likeness (QED) is 0.764. The molecule has 1 aromatic carbocycles. The number of halogens is 4. The molecule has 0 fully saturated rings. The minimum atomic E-state index is -4.18. The van der Waals surface area contributed by atoms with Crippen molar-refractivity contribution in [2.24, 2.45) is 0 Å². The molecule has 0 aliphatic rings. The Kier molecular flexibility index (Phi) is 4.34. The number of benzene rings is 1. The lowest BCUT2D eigenvalue weighted by atomic mass is 10.0. The highest BCUT2D eigenvalue weighted by Crippen LogP contribution is 2.35. The van der Waals surface area contributed by atoms with Crippen LogP contribution >= 0.6 is 23.4 Å². The van der Waals surface area contributed by atoms with E-state index >= 15 is 0 Å². The van der Waals surface area contributed by atoms with Crippen molar-refractivity contribution >= 4 is 23.4 Å². The second-order valence-electron chi connectivity index (χ2n) is 3.11. The summed E-state index contributed by atoms with van der Waals surface area (Å²) >= 11 is 5.83. The van der Waals surface area contributed by atoms with Crippen LogP contribution in [0.15, 0.2) is 18.2 Å². The maximum absolute atomic E-state index is 12.0. The first-order chi connectivity index (χ1) is 6.90. The first-order valence-electron chi connectivity index (χ1n) is 4.26. The minimum absolute atomic E-state index is 0.0267. The highest BCUT2D eigenvalue weighted by Gasteiger charge is 2.29. The van der Waals surface area contributed by atoms with Crippen LogP contribution in [-0.2, 0) is 0 Å². The zero-order valence-electron chi connectivity index (χ0n) is 7.94. The zero-order chi connectivity index (χ0) is 11.5. The second-order valence-corrected chi connectivity index (χ2v) is 4.60. The van der Waals surface area contributed by atoms with E-state index in [1.807, 2.05) is 0 Å². The van der Waals surface area contributed by atoms with Crippen LogP contribution in [-0.4, -0.2) is 11.3 Å². The standard InChI is InChI=1S/C10H9ClF3S/c1-7(6-15-10(12,13)14)8-4-2-3-5-9(8)11/h3-5,7H,6H2,1H3. The Hall–Kier alpha value is -0.350. The Bertz CT molecular complexity index is 325. The third-order valence-electron chi connectivity index (χ3n) is 1.87. The van der Waals surface area contributed by atoms with Crippen LogP contribution in [0.5, 0.6) is 0 Å². The number of thioether (sulfide) groups is 1. The van der Waals surface area contributed by atoms with Crippen LogP contribution in [0, 0.1) is 6.07 Å². The summed E-state index contributed by atoms with van der Waals surface area (Å²) in [4.78, 5) is 0. The van der Waals surface area contributed by atoms with Crippen molar-refractivity contribution in [3.05, 3.63) is 34.9 Å². The summed E-state index contributed by atoms with van der Waals surface area (Å²) in [6.45, 7) is 1.72. The van der Waals surface area contributed by atoms with Gasteiger partial charge in [-0.3, -0.25) is 0 Å². The van der Waals surface area contributed by atoms with Gasteiger partial charge in [0, 0.05) is 10.8 Å². The summed E-state index contributed by atoms with van der Waals surface area (Å²) in [5.41, 5.74) is -3.48. The molecule has 1 radical (unpaired) electrons. The van der Waals surface area contributed by atoms with Crippen LogP contribution < -0.4 is 0 Å². The van der Waals surface area contributed by atoms with E-state index in [-0.39, 0.29) is 23.4 Å². The Labute approximate surface area is 95.8 Å². The molecule has 15 heavy (non-hydrogen) atoms. The van der Waals surface area contributed by atoms with Gasteiger partial charge in [-0.2, -0.15) is 13.2 Å². The van der Waals surface area contributed by atoms with E-state index in [1.54, 1.807) is 25.1 Å². The minimum Gasteiger partial charge on any atom is -0.160 e. The monoisotopic (exact) mass is 253 g/mol. The van der Waals surface area contributed by atoms with Crippen LogP contribution in [0.4, 0.5) is 13.2 Å². The third kappa shape index (κ3) is 4.34. The smallest absolute Gasteiger partial charge is 0.160 e. The molecule has 0 aromatic heterocycles. The molecule has 0 spiro atoms. The summed E-state index contributed by atoms with van der Waals surface area (Å²) in [5, 5.41) is 0.490.